The van der Waals surface area contributed by atoms with Crippen molar-refractivity contribution in [1.29, 1.82) is 0 Å². The maximum absolute atomic E-state index is 12.7. The van der Waals surface area contributed by atoms with Crippen molar-refractivity contribution < 1.29 is 27.9 Å². The normalized spacial score (nSPS) is 12.6. The zero-order valence-electron chi connectivity index (χ0n) is 11.2. The summed E-state index contributed by atoms with van der Waals surface area (Å²) in [6.07, 6.45) is -4.29. The van der Waals surface area contributed by atoms with E-state index in [1.54, 1.807) is 6.92 Å². The van der Waals surface area contributed by atoms with Crippen molar-refractivity contribution in [2.75, 3.05) is 11.9 Å². The van der Waals surface area contributed by atoms with Gasteiger partial charge in [-0.3, -0.25) is 4.79 Å². The van der Waals surface area contributed by atoms with Gasteiger partial charge < -0.3 is 15.7 Å². The Kier molecular flexibility index (Phi) is 5.57. The number of aliphatic carboxylic acids is 1. The van der Waals surface area contributed by atoms with Crippen molar-refractivity contribution in [3.05, 3.63) is 29.8 Å². The number of para-hydroxylation sites is 1. The number of carbonyl (C=O) groups is 2. The van der Waals surface area contributed by atoms with Crippen LogP contribution in [0.4, 0.5) is 23.7 Å². The van der Waals surface area contributed by atoms with Crippen LogP contribution in [0.25, 0.3) is 0 Å². The first-order valence-corrected chi connectivity index (χ1v) is 6.19. The highest BCUT2D eigenvalue weighted by Crippen LogP contribution is 2.34. The zero-order valence-corrected chi connectivity index (χ0v) is 11.2. The number of urea groups is 1. The minimum Gasteiger partial charge on any atom is -0.481 e. The number of carboxylic acids is 1. The maximum atomic E-state index is 12.7. The molecule has 1 aromatic carbocycles. The van der Waals surface area contributed by atoms with Crippen molar-refractivity contribution in [3.63, 3.8) is 0 Å². The molecule has 0 aliphatic carbocycles. The summed E-state index contributed by atoms with van der Waals surface area (Å²) in [6.45, 7) is 1.48. The number of benzene rings is 1. The molecule has 116 valence electrons. The molecule has 1 rings (SSSR count). The molecular weight excluding hydrogens is 289 g/mol. The van der Waals surface area contributed by atoms with Crippen molar-refractivity contribution in [3.8, 4) is 0 Å². The van der Waals surface area contributed by atoms with Crippen molar-refractivity contribution in [2.24, 2.45) is 5.92 Å². The fourth-order valence-corrected chi connectivity index (χ4v) is 1.63. The minimum atomic E-state index is -4.59. The number of rotatable bonds is 5. The Morgan fingerprint density at radius 1 is 1.29 bits per heavy atom. The molecule has 2 amide bonds. The molecule has 0 saturated heterocycles. The number of nitrogens with one attached hydrogen (secondary N) is 2. The molecule has 5 nitrogen and oxygen atoms in total. The summed E-state index contributed by atoms with van der Waals surface area (Å²) in [5, 5.41) is 13.1. The van der Waals surface area contributed by atoms with Gasteiger partial charge in [-0.2, -0.15) is 13.2 Å². The molecule has 0 heterocycles. The number of carboxylic acid groups (broad SMARTS) is 1. The summed E-state index contributed by atoms with van der Waals surface area (Å²) >= 11 is 0. The third-order valence-corrected chi connectivity index (χ3v) is 2.83. The number of amides is 2. The molecule has 8 heteroatoms. The second-order valence-corrected chi connectivity index (χ2v) is 4.32. The van der Waals surface area contributed by atoms with Gasteiger partial charge in [-0.1, -0.05) is 19.1 Å². The number of hydrogen-bond donors (Lipinski definition) is 3. The number of hydrogen-bond acceptors (Lipinski definition) is 2. The molecule has 0 spiro atoms. The molecule has 0 radical (unpaired) electrons. The van der Waals surface area contributed by atoms with Crippen molar-refractivity contribution in [2.45, 2.75) is 19.5 Å². The molecule has 1 unspecified atom stereocenters. The van der Waals surface area contributed by atoms with Crippen LogP contribution in [0.3, 0.4) is 0 Å². The maximum Gasteiger partial charge on any atom is 0.418 e. The highest BCUT2D eigenvalue weighted by molar-refractivity contribution is 5.90. The lowest BCUT2D eigenvalue weighted by Crippen LogP contribution is -2.35. The van der Waals surface area contributed by atoms with E-state index in [-0.39, 0.29) is 12.2 Å². The fraction of sp³-hybridized carbons (Fsp3) is 0.385. The van der Waals surface area contributed by atoms with E-state index < -0.39 is 29.7 Å². The summed E-state index contributed by atoms with van der Waals surface area (Å²) in [7, 11) is 0. The Balaban J connectivity index is 2.70. The molecule has 0 bridgehead atoms. The van der Waals surface area contributed by atoms with E-state index in [0.29, 0.717) is 6.42 Å². The van der Waals surface area contributed by atoms with E-state index in [2.05, 4.69) is 10.6 Å². The van der Waals surface area contributed by atoms with Gasteiger partial charge in [0.15, 0.2) is 0 Å². The zero-order chi connectivity index (χ0) is 16.0. The van der Waals surface area contributed by atoms with Crippen LogP contribution in [0.5, 0.6) is 0 Å². The van der Waals surface area contributed by atoms with E-state index in [1.165, 1.54) is 12.1 Å². The van der Waals surface area contributed by atoms with Crippen LogP contribution in [0.1, 0.15) is 18.9 Å². The Labute approximate surface area is 119 Å². The summed E-state index contributed by atoms with van der Waals surface area (Å²) in [4.78, 5) is 22.3. The molecule has 21 heavy (non-hydrogen) atoms. The standard InChI is InChI=1S/C13H15F3N2O3/c1-2-8(11(19)20)7-17-12(21)18-10-6-4-3-5-9(10)13(14,15)16/h3-6,8H,2,7H2,1H3,(H,19,20)(H2,17,18,21). The van der Waals surface area contributed by atoms with Crippen LogP contribution in [0, 0.1) is 5.92 Å². The lowest BCUT2D eigenvalue weighted by atomic mass is 10.1. The Morgan fingerprint density at radius 3 is 2.43 bits per heavy atom. The number of halogens is 3. The van der Waals surface area contributed by atoms with Gasteiger partial charge >= 0.3 is 18.2 Å². The van der Waals surface area contributed by atoms with Crippen LogP contribution in [0.15, 0.2) is 24.3 Å². The van der Waals surface area contributed by atoms with Gasteiger partial charge in [0.1, 0.15) is 0 Å². The largest absolute Gasteiger partial charge is 0.481 e. The van der Waals surface area contributed by atoms with Gasteiger partial charge in [-0.25, -0.2) is 4.79 Å². The highest BCUT2D eigenvalue weighted by Gasteiger charge is 2.33. The van der Waals surface area contributed by atoms with Gasteiger partial charge in [-0.05, 0) is 18.6 Å². The van der Waals surface area contributed by atoms with Gasteiger partial charge in [0.05, 0.1) is 17.2 Å². The van der Waals surface area contributed by atoms with E-state index in [9.17, 15) is 22.8 Å². The molecule has 0 saturated carbocycles. The molecule has 0 aromatic heterocycles. The minimum absolute atomic E-state index is 0.161. The predicted molar refractivity (Wildman–Crippen MR) is 69.9 cm³/mol. The quantitative estimate of drug-likeness (QED) is 0.782. The number of carbonyl (C=O) groups excluding carboxylic acids is 1. The smallest absolute Gasteiger partial charge is 0.418 e. The van der Waals surface area contributed by atoms with E-state index in [4.69, 9.17) is 5.11 Å². The summed E-state index contributed by atoms with van der Waals surface area (Å²) in [5.41, 5.74) is -1.35. The lowest BCUT2D eigenvalue weighted by molar-refractivity contribution is -0.141. The molecule has 0 aliphatic rings. The molecule has 1 aromatic rings. The van der Waals surface area contributed by atoms with Crippen LogP contribution in [-0.4, -0.2) is 23.7 Å². The van der Waals surface area contributed by atoms with Crippen LogP contribution < -0.4 is 10.6 Å². The average Bonchev–Trinajstić information content (AvgIpc) is 2.38. The molecular formula is C13H15F3N2O3. The first-order valence-electron chi connectivity index (χ1n) is 6.19. The van der Waals surface area contributed by atoms with Gasteiger partial charge in [0.2, 0.25) is 0 Å². The van der Waals surface area contributed by atoms with Gasteiger partial charge in [0, 0.05) is 6.54 Å². The monoisotopic (exact) mass is 304 g/mol. The van der Waals surface area contributed by atoms with Crippen molar-refractivity contribution >= 4 is 17.7 Å². The predicted octanol–water partition coefficient (Wildman–Crippen LogP) is 2.94. The van der Waals surface area contributed by atoms with Crippen LogP contribution in [-0.2, 0) is 11.0 Å². The molecule has 1 atom stereocenters. The number of alkyl halides is 3. The van der Waals surface area contributed by atoms with Crippen LogP contribution in [0.2, 0.25) is 0 Å². The average molecular weight is 304 g/mol. The summed E-state index contributed by atoms with van der Waals surface area (Å²) in [5.74, 6) is -1.86. The second kappa shape index (κ2) is 6.96. The van der Waals surface area contributed by atoms with E-state index in [0.717, 1.165) is 12.1 Å². The lowest BCUT2D eigenvalue weighted by Gasteiger charge is -2.15. The van der Waals surface area contributed by atoms with E-state index in [1.807, 2.05) is 0 Å². The van der Waals surface area contributed by atoms with Gasteiger partial charge in [-0.15, -0.1) is 0 Å². The third-order valence-electron chi connectivity index (χ3n) is 2.83. The molecule has 3 N–H and O–H groups in total. The first kappa shape index (κ1) is 16.8. The Bertz CT molecular complexity index is 518. The molecule has 0 fully saturated rings. The fourth-order valence-electron chi connectivity index (χ4n) is 1.63. The first-order chi connectivity index (χ1) is 9.75. The van der Waals surface area contributed by atoms with Gasteiger partial charge in [0.25, 0.3) is 0 Å². The van der Waals surface area contributed by atoms with E-state index >= 15 is 0 Å². The topological polar surface area (TPSA) is 78.4 Å². The molecule has 0 aliphatic heterocycles. The highest BCUT2D eigenvalue weighted by atomic mass is 19.4. The summed E-state index contributed by atoms with van der Waals surface area (Å²) < 4.78 is 38.2. The number of anilines is 1. The third kappa shape index (κ3) is 4.97. The van der Waals surface area contributed by atoms with Crippen LogP contribution >= 0.6 is 0 Å². The Hall–Kier alpha value is -2.25. The Morgan fingerprint density at radius 2 is 1.90 bits per heavy atom. The SMILES string of the molecule is CCC(CNC(=O)Nc1ccccc1C(F)(F)F)C(=O)O. The van der Waals surface area contributed by atoms with Crippen molar-refractivity contribution in [1.82, 2.24) is 5.32 Å². The second-order valence-electron chi connectivity index (χ2n) is 4.32. The summed E-state index contributed by atoms with van der Waals surface area (Å²) in [6, 6.07) is 3.66.